The number of hydrogen-bond acceptors (Lipinski definition) is 3. The van der Waals surface area contributed by atoms with Crippen LogP contribution in [0.25, 0.3) is 0 Å². The van der Waals surface area contributed by atoms with Crippen molar-refractivity contribution in [1.82, 2.24) is 0 Å². The molecule has 0 rings (SSSR count). The molecule has 0 saturated heterocycles. The van der Waals surface area contributed by atoms with E-state index in [1.807, 2.05) is 6.92 Å². The maximum absolute atomic E-state index is 10.9. The van der Waals surface area contributed by atoms with E-state index in [9.17, 15) is 4.79 Å². The Balaban J connectivity index is 3.68. The van der Waals surface area contributed by atoms with Gasteiger partial charge in [-0.3, -0.25) is 4.79 Å². The quantitative estimate of drug-likeness (QED) is 0.620. The summed E-state index contributed by atoms with van der Waals surface area (Å²) >= 11 is 0. The molecule has 0 saturated carbocycles. The van der Waals surface area contributed by atoms with E-state index in [4.69, 9.17) is 9.84 Å². The first-order valence-corrected chi connectivity index (χ1v) is 4.54. The van der Waals surface area contributed by atoms with Crippen LogP contribution in [-0.2, 0) is 9.53 Å². The number of hydrogen-bond donors (Lipinski definition) is 1. The largest absolute Gasteiger partial charge is 0.462 e. The van der Waals surface area contributed by atoms with E-state index in [1.165, 1.54) is 0 Å². The minimum Gasteiger partial charge on any atom is -0.462 e. The summed E-state index contributed by atoms with van der Waals surface area (Å²) in [5, 5.41) is 8.66. The van der Waals surface area contributed by atoms with E-state index in [0.29, 0.717) is 12.8 Å². The highest BCUT2D eigenvalue weighted by Gasteiger charge is 2.10. The van der Waals surface area contributed by atoms with Crippen molar-refractivity contribution >= 4 is 5.97 Å². The lowest BCUT2D eigenvalue weighted by atomic mass is 10.1. The average Bonchev–Trinajstić information content (AvgIpc) is 2.05. The highest BCUT2D eigenvalue weighted by Crippen LogP contribution is 2.07. The molecule has 0 heterocycles. The van der Waals surface area contributed by atoms with Gasteiger partial charge >= 0.3 is 5.97 Å². The lowest BCUT2D eigenvalue weighted by Crippen LogP contribution is -2.18. The first-order valence-electron chi connectivity index (χ1n) is 4.54. The molecule has 0 aliphatic carbocycles. The molecule has 0 aliphatic rings. The molecule has 0 aromatic carbocycles. The molecule has 0 bridgehead atoms. The Kier molecular flexibility index (Phi) is 6.76. The fourth-order valence-electron chi connectivity index (χ4n) is 0.997. The second kappa shape index (κ2) is 7.10. The van der Waals surface area contributed by atoms with Crippen LogP contribution in [0.2, 0.25) is 0 Å². The predicted molar refractivity (Wildman–Crippen MR) is 46.8 cm³/mol. The number of rotatable bonds is 6. The molecule has 0 radical (unpaired) electrons. The summed E-state index contributed by atoms with van der Waals surface area (Å²) in [7, 11) is 0. The maximum Gasteiger partial charge on any atom is 0.305 e. The van der Waals surface area contributed by atoms with Gasteiger partial charge in [0, 0.05) is 19.4 Å². The Labute approximate surface area is 73.7 Å². The number of esters is 1. The molecule has 72 valence electrons. The van der Waals surface area contributed by atoms with E-state index in [1.54, 1.807) is 6.92 Å². The van der Waals surface area contributed by atoms with Crippen molar-refractivity contribution in [3.05, 3.63) is 0 Å². The monoisotopic (exact) mass is 174 g/mol. The zero-order valence-electron chi connectivity index (χ0n) is 7.88. The molecule has 0 fully saturated rings. The zero-order chi connectivity index (χ0) is 9.40. The van der Waals surface area contributed by atoms with Crippen LogP contribution in [-0.4, -0.2) is 23.8 Å². The van der Waals surface area contributed by atoms with Crippen molar-refractivity contribution < 1.29 is 14.6 Å². The van der Waals surface area contributed by atoms with E-state index in [0.717, 1.165) is 12.8 Å². The van der Waals surface area contributed by atoms with Crippen molar-refractivity contribution in [3.63, 3.8) is 0 Å². The van der Waals surface area contributed by atoms with Crippen LogP contribution in [0.15, 0.2) is 0 Å². The SMILES string of the molecule is CCCC(CCO)OC(=O)CC. The van der Waals surface area contributed by atoms with E-state index in [-0.39, 0.29) is 18.7 Å². The average molecular weight is 174 g/mol. The van der Waals surface area contributed by atoms with Gasteiger partial charge in [-0.15, -0.1) is 0 Å². The van der Waals surface area contributed by atoms with Crippen LogP contribution in [0.1, 0.15) is 39.5 Å². The highest BCUT2D eigenvalue weighted by atomic mass is 16.5. The molecule has 3 heteroatoms. The van der Waals surface area contributed by atoms with Gasteiger partial charge in [-0.05, 0) is 6.42 Å². The van der Waals surface area contributed by atoms with Crippen molar-refractivity contribution in [2.24, 2.45) is 0 Å². The van der Waals surface area contributed by atoms with E-state index >= 15 is 0 Å². The van der Waals surface area contributed by atoms with Crippen molar-refractivity contribution in [3.8, 4) is 0 Å². The molecule has 0 aromatic heterocycles. The van der Waals surface area contributed by atoms with Gasteiger partial charge in [0.05, 0.1) is 0 Å². The van der Waals surface area contributed by atoms with Gasteiger partial charge in [0.2, 0.25) is 0 Å². The predicted octanol–water partition coefficient (Wildman–Crippen LogP) is 1.49. The standard InChI is InChI=1S/C9H18O3/c1-3-5-8(6-7-10)12-9(11)4-2/h8,10H,3-7H2,1-2H3. The summed E-state index contributed by atoms with van der Waals surface area (Å²) in [6, 6.07) is 0. The maximum atomic E-state index is 10.9. The van der Waals surface area contributed by atoms with Crippen molar-refractivity contribution in [2.45, 2.75) is 45.6 Å². The third-order valence-electron chi connectivity index (χ3n) is 1.65. The third kappa shape index (κ3) is 5.13. The Morgan fingerprint density at radius 2 is 2.08 bits per heavy atom. The van der Waals surface area contributed by atoms with Crippen LogP contribution in [0.4, 0.5) is 0 Å². The van der Waals surface area contributed by atoms with Crippen LogP contribution in [0.3, 0.4) is 0 Å². The molecule has 3 nitrogen and oxygen atoms in total. The van der Waals surface area contributed by atoms with Gasteiger partial charge in [0.25, 0.3) is 0 Å². The zero-order valence-corrected chi connectivity index (χ0v) is 7.88. The number of carbonyl (C=O) groups excluding carboxylic acids is 1. The topological polar surface area (TPSA) is 46.5 Å². The summed E-state index contributed by atoms with van der Waals surface area (Å²) in [5.41, 5.74) is 0. The smallest absolute Gasteiger partial charge is 0.305 e. The van der Waals surface area contributed by atoms with Crippen LogP contribution < -0.4 is 0 Å². The molecule has 1 N–H and O–H groups in total. The molecule has 1 unspecified atom stereocenters. The Bertz CT molecular complexity index is 117. The number of aliphatic hydroxyl groups excluding tert-OH is 1. The van der Waals surface area contributed by atoms with E-state index in [2.05, 4.69) is 0 Å². The minimum absolute atomic E-state index is 0.0850. The van der Waals surface area contributed by atoms with E-state index < -0.39 is 0 Å². The van der Waals surface area contributed by atoms with Gasteiger partial charge in [0.1, 0.15) is 6.10 Å². The Morgan fingerprint density at radius 1 is 1.42 bits per heavy atom. The summed E-state index contributed by atoms with van der Waals surface area (Å²) in [5.74, 6) is -0.179. The summed E-state index contributed by atoms with van der Waals surface area (Å²) in [6.45, 7) is 3.89. The molecule has 0 aromatic rings. The molecule has 12 heavy (non-hydrogen) atoms. The Morgan fingerprint density at radius 3 is 2.50 bits per heavy atom. The van der Waals surface area contributed by atoms with Gasteiger partial charge in [0.15, 0.2) is 0 Å². The van der Waals surface area contributed by atoms with Gasteiger partial charge < -0.3 is 9.84 Å². The number of carbonyl (C=O) groups is 1. The molecular weight excluding hydrogens is 156 g/mol. The Hall–Kier alpha value is -0.570. The molecule has 0 aliphatic heterocycles. The number of ether oxygens (including phenoxy) is 1. The highest BCUT2D eigenvalue weighted by molar-refractivity contribution is 5.69. The number of aliphatic hydroxyl groups is 1. The van der Waals surface area contributed by atoms with Crippen LogP contribution in [0.5, 0.6) is 0 Å². The van der Waals surface area contributed by atoms with Crippen molar-refractivity contribution in [1.29, 1.82) is 0 Å². The fourth-order valence-corrected chi connectivity index (χ4v) is 0.997. The first-order chi connectivity index (χ1) is 5.74. The van der Waals surface area contributed by atoms with Gasteiger partial charge in [-0.1, -0.05) is 20.3 Å². The van der Waals surface area contributed by atoms with Gasteiger partial charge in [-0.2, -0.15) is 0 Å². The van der Waals surface area contributed by atoms with Gasteiger partial charge in [-0.25, -0.2) is 0 Å². The second-order valence-electron chi connectivity index (χ2n) is 2.77. The molecule has 0 spiro atoms. The summed E-state index contributed by atoms with van der Waals surface area (Å²) in [4.78, 5) is 10.9. The fraction of sp³-hybridized carbons (Fsp3) is 0.889. The molecule has 1 atom stereocenters. The second-order valence-corrected chi connectivity index (χ2v) is 2.77. The summed E-state index contributed by atoms with van der Waals surface area (Å²) < 4.78 is 5.08. The van der Waals surface area contributed by atoms with Crippen LogP contribution in [0, 0.1) is 0 Å². The lowest BCUT2D eigenvalue weighted by Gasteiger charge is -2.15. The minimum atomic E-state index is -0.179. The molecular formula is C9H18O3. The lowest BCUT2D eigenvalue weighted by molar-refractivity contribution is -0.149. The normalized spacial score (nSPS) is 12.6. The molecule has 0 amide bonds. The first kappa shape index (κ1) is 11.4. The van der Waals surface area contributed by atoms with Crippen molar-refractivity contribution in [2.75, 3.05) is 6.61 Å². The van der Waals surface area contributed by atoms with Crippen LogP contribution >= 0.6 is 0 Å². The third-order valence-corrected chi connectivity index (χ3v) is 1.65. The summed E-state index contributed by atoms with van der Waals surface area (Å²) in [6.07, 6.45) is 2.69.